The number of nitrogens with zero attached hydrogens (tertiary/aromatic N) is 2. The van der Waals surface area contributed by atoms with Crippen molar-refractivity contribution in [3.8, 4) is 16.9 Å². The van der Waals surface area contributed by atoms with Crippen molar-refractivity contribution in [1.29, 1.82) is 0 Å². The van der Waals surface area contributed by atoms with Crippen LogP contribution in [-0.4, -0.2) is 28.7 Å². The van der Waals surface area contributed by atoms with E-state index in [2.05, 4.69) is 48.7 Å². The van der Waals surface area contributed by atoms with E-state index >= 15 is 0 Å². The molecule has 0 saturated heterocycles. The number of ether oxygens (including phenoxy) is 1. The number of fused-ring (bicyclic) bond motifs is 1. The van der Waals surface area contributed by atoms with Crippen molar-refractivity contribution in [1.82, 2.24) is 9.97 Å². The average Bonchev–Trinajstić information content (AvgIpc) is 3.18. The first-order chi connectivity index (χ1) is 14.1. The van der Waals surface area contributed by atoms with Crippen molar-refractivity contribution in [3.05, 3.63) is 64.7 Å². The van der Waals surface area contributed by atoms with E-state index in [-0.39, 0.29) is 11.7 Å². The van der Waals surface area contributed by atoms with E-state index in [1.807, 2.05) is 36.4 Å². The lowest BCUT2D eigenvalue weighted by Crippen LogP contribution is -2.14. The fourth-order valence-electron chi connectivity index (χ4n) is 2.80. The molecule has 0 bridgehead atoms. The van der Waals surface area contributed by atoms with Gasteiger partial charge in [0.15, 0.2) is 0 Å². The summed E-state index contributed by atoms with van der Waals surface area (Å²) in [6.07, 6.45) is 1.55. The Morgan fingerprint density at radius 1 is 1.14 bits per heavy atom. The van der Waals surface area contributed by atoms with Gasteiger partial charge in [0, 0.05) is 21.1 Å². The van der Waals surface area contributed by atoms with E-state index < -0.39 is 0 Å². The van der Waals surface area contributed by atoms with Crippen molar-refractivity contribution >= 4 is 60.8 Å². The van der Waals surface area contributed by atoms with Crippen LogP contribution < -0.4 is 10.1 Å². The molecule has 0 spiro atoms. The van der Waals surface area contributed by atoms with Gasteiger partial charge in [0.1, 0.15) is 21.9 Å². The number of halogens is 1. The van der Waals surface area contributed by atoms with Crippen LogP contribution in [0.5, 0.6) is 5.75 Å². The number of anilines is 1. The number of aromatic nitrogens is 2. The number of thiophene rings is 1. The molecule has 2 heterocycles. The topological polar surface area (TPSA) is 64.1 Å². The fraction of sp³-hybridized carbons (Fsp3) is 0.0952. The molecule has 0 radical (unpaired) electrons. The highest BCUT2D eigenvalue weighted by Crippen LogP contribution is 2.38. The Balaban J connectivity index is 1.52. The maximum Gasteiger partial charge on any atom is 0.234 e. The molecule has 0 unspecified atom stereocenters. The molecule has 2 aromatic heterocycles. The Hall–Kier alpha value is -2.42. The highest BCUT2D eigenvalue weighted by molar-refractivity contribution is 9.10. The molecular weight excluding hydrogens is 470 g/mol. The van der Waals surface area contributed by atoms with Crippen molar-refractivity contribution < 1.29 is 9.53 Å². The summed E-state index contributed by atoms with van der Waals surface area (Å²) in [6.45, 7) is 0. The van der Waals surface area contributed by atoms with Gasteiger partial charge in [-0.15, -0.1) is 11.3 Å². The monoisotopic (exact) mass is 485 g/mol. The van der Waals surface area contributed by atoms with Gasteiger partial charge in [-0.1, -0.05) is 39.8 Å². The summed E-state index contributed by atoms with van der Waals surface area (Å²) in [4.78, 5) is 22.1. The first-order valence-electron chi connectivity index (χ1n) is 8.69. The van der Waals surface area contributed by atoms with E-state index in [0.717, 1.165) is 42.3 Å². The van der Waals surface area contributed by atoms with Crippen molar-refractivity contribution in [3.63, 3.8) is 0 Å². The number of carbonyl (C=O) groups excluding carboxylic acids is 1. The molecular formula is C21H16BrN3O2S2. The van der Waals surface area contributed by atoms with Crippen LogP contribution in [0.2, 0.25) is 0 Å². The number of carbonyl (C=O) groups is 1. The van der Waals surface area contributed by atoms with E-state index in [1.54, 1.807) is 24.8 Å². The van der Waals surface area contributed by atoms with E-state index in [4.69, 9.17) is 4.74 Å². The minimum absolute atomic E-state index is 0.0904. The number of thioether (sulfide) groups is 1. The fourth-order valence-corrected chi connectivity index (χ4v) is 4.86. The van der Waals surface area contributed by atoms with Crippen LogP contribution >= 0.6 is 39.0 Å². The Morgan fingerprint density at radius 2 is 1.90 bits per heavy atom. The third-order valence-electron chi connectivity index (χ3n) is 4.20. The highest BCUT2D eigenvalue weighted by Gasteiger charge is 2.15. The standard InChI is InChI=1S/C21H16BrN3O2S2/c1-27-16-8-6-15(7-9-16)25-18(26)11-29-21-19-17(10-28-20(19)23-12-24-21)13-2-4-14(22)5-3-13/h2-10,12H,11H2,1H3,(H,25,26). The quantitative estimate of drug-likeness (QED) is 0.273. The molecule has 0 fully saturated rings. The van der Waals surface area contributed by atoms with Gasteiger partial charge in [-0.2, -0.15) is 0 Å². The normalized spacial score (nSPS) is 10.8. The van der Waals surface area contributed by atoms with E-state index in [1.165, 1.54) is 11.8 Å². The zero-order chi connectivity index (χ0) is 20.2. The molecule has 0 aliphatic heterocycles. The molecule has 0 aliphatic carbocycles. The number of hydrogen-bond acceptors (Lipinski definition) is 6. The SMILES string of the molecule is COc1ccc(NC(=O)CSc2ncnc3scc(-c4ccc(Br)cc4)c23)cc1. The van der Waals surface area contributed by atoms with Crippen molar-refractivity contribution in [2.24, 2.45) is 0 Å². The Kier molecular flexibility index (Phi) is 6.13. The molecule has 5 nitrogen and oxygen atoms in total. The third-order valence-corrected chi connectivity index (χ3v) is 6.61. The largest absolute Gasteiger partial charge is 0.497 e. The smallest absolute Gasteiger partial charge is 0.234 e. The van der Waals surface area contributed by atoms with Gasteiger partial charge in [0.25, 0.3) is 0 Å². The molecule has 1 amide bonds. The van der Waals surface area contributed by atoms with Crippen molar-refractivity contribution in [2.75, 3.05) is 18.2 Å². The summed E-state index contributed by atoms with van der Waals surface area (Å²) in [5.74, 6) is 0.916. The average molecular weight is 486 g/mol. The predicted octanol–water partition coefficient (Wildman–Crippen LogP) is 5.86. The first-order valence-corrected chi connectivity index (χ1v) is 11.3. The molecule has 0 atom stereocenters. The summed E-state index contributed by atoms with van der Waals surface area (Å²) in [6, 6.07) is 15.4. The summed E-state index contributed by atoms with van der Waals surface area (Å²) in [5.41, 5.74) is 2.91. The number of methoxy groups -OCH3 is 1. The number of hydrogen-bond donors (Lipinski definition) is 1. The minimum atomic E-state index is -0.0904. The number of amides is 1. The lowest BCUT2D eigenvalue weighted by atomic mass is 10.1. The Labute approximate surface area is 184 Å². The second-order valence-corrected chi connectivity index (χ2v) is 8.82. The zero-order valence-electron chi connectivity index (χ0n) is 15.4. The highest BCUT2D eigenvalue weighted by atomic mass is 79.9. The Bertz CT molecular complexity index is 1150. The zero-order valence-corrected chi connectivity index (χ0v) is 18.6. The van der Waals surface area contributed by atoms with Gasteiger partial charge in [-0.3, -0.25) is 4.79 Å². The van der Waals surface area contributed by atoms with Gasteiger partial charge >= 0.3 is 0 Å². The molecule has 4 rings (SSSR count). The summed E-state index contributed by atoms with van der Waals surface area (Å²) in [7, 11) is 1.61. The molecule has 2 aromatic carbocycles. The lowest BCUT2D eigenvalue weighted by molar-refractivity contribution is -0.113. The molecule has 29 heavy (non-hydrogen) atoms. The second kappa shape index (κ2) is 8.94. The Morgan fingerprint density at radius 3 is 2.62 bits per heavy atom. The molecule has 146 valence electrons. The summed E-state index contributed by atoms with van der Waals surface area (Å²) >= 11 is 6.46. The number of benzene rings is 2. The third kappa shape index (κ3) is 4.60. The van der Waals surface area contributed by atoms with Gasteiger partial charge in [-0.05, 0) is 42.0 Å². The molecule has 8 heteroatoms. The predicted molar refractivity (Wildman–Crippen MR) is 123 cm³/mol. The van der Waals surface area contributed by atoms with Crippen LogP contribution in [0.1, 0.15) is 0 Å². The molecule has 0 saturated carbocycles. The second-order valence-electron chi connectivity index (χ2n) is 6.08. The molecule has 4 aromatic rings. The van der Waals surface area contributed by atoms with E-state index in [9.17, 15) is 4.79 Å². The molecule has 1 N–H and O–H groups in total. The maximum absolute atomic E-state index is 12.4. The van der Waals surface area contributed by atoms with Crippen LogP contribution in [-0.2, 0) is 4.79 Å². The van der Waals surface area contributed by atoms with Crippen molar-refractivity contribution in [2.45, 2.75) is 5.03 Å². The van der Waals surface area contributed by atoms with Gasteiger partial charge < -0.3 is 10.1 Å². The van der Waals surface area contributed by atoms with Gasteiger partial charge in [0.05, 0.1) is 18.2 Å². The minimum Gasteiger partial charge on any atom is -0.497 e. The first kappa shape index (κ1) is 19.9. The van der Waals surface area contributed by atoms with Gasteiger partial charge in [0.2, 0.25) is 5.91 Å². The lowest BCUT2D eigenvalue weighted by Gasteiger charge is -2.07. The van der Waals surface area contributed by atoms with Gasteiger partial charge in [-0.25, -0.2) is 9.97 Å². The van der Waals surface area contributed by atoms with E-state index in [0.29, 0.717) is 0 Å². The van der Waals surface area contributed by atoms with Crippen LogP contribution in [0.15, 0.2) is 69.7 Å². The summed E-state index contributed by atoms with van der Waals surface area (Å²) in [5, 5.41) is 6.78. The number of nitrogens with one attached hydrogen (secondary N) is 1. The summed E-state index contributed by atoms with van der Waals surface area (Å²) < 4.78 is 6.16. The number of rotatable bonds is 6. The van der Waals surface area contributed by atoms with Crippen LogP contribution in [0.4, 0.5) is 5.69 Å². The maximum atomic E-state index is 12.4. The van der Waals surface area contributed by atoms with Crippen LogP contribution in [0.25, 0.3) is 21.3 Å². The van der Waals surface area contributed by atoms with Crippen LogP contribution in [0, 0.1) is 0 Å². The molecule has 0 aliphatic rings. The van der Waals surface area contributed by atoms with Crippen LogP contribution in [0.3, 0.4) is 0 Å².